The van der Waals surface area contributed by atoms with Crippen LogP contribution in [0.15, 0.2) is 17.5 Å². The highest BCUT2D eigenvalue weighted by molar-refractivity contribution is 7.13. The largest absolute Gasteiger partial charge is 0.396 e. The number of aromatic nitrogens is 1. The van der Waals surface area contributed by atoms with Gasteiger partial charge < -0.3 is 20.6 Å². The number of nitrogens with one attached hydrogen (secondary N) is 2. The molecule has 1 heterocycles. The fourth-order valence-corrected chi connectivity index (χ4v) is 2.75. The van der Waals surface area contributed by atoms with Crippen molar-refractivity contribution in [2.24, 2.45) is 5.92 Å². The van der Waals surface area contributed by atoms with Crippen LogP contribution in [0.5, 0.6) is 0 Å². The Labute approximate surface area is 122 Å². The molecule has 0 bridgehead atoms. The molecule has 0 aromatic carbocycles. The molecule has 1 aromatic rings. The average Bonchev–Trinajstić information content (AvgIpc) is 3.05. The topological polar surface area (TPSA) is 77.5 Å². The van der Waals surface area contributed by atoms with E-state index in [2.05, 4.69) is 15.6 Å². The predicted molar refractivity (Wildman–Crippen MR) is 79.9 cm³/mol. The first kappa shape index (κ1) is 14.8. The monoisotopic (exact) mass is 296 g/mol. The number of anilines is 1. The van der Waals surface area contributed by atoms with E-state index in [0.717, 1.165) is 17.2 Å². The molecule has 2 atom stereocenters. The minimum absolute atomic E-state index is 0.0000740. The number of hydrogen-bond acceptors (Lipinski definition) is 5. The van der Waals surface area contributed by atoms with Crippen molar-refractivity contribution >= 4 is 22.5 Å². The summed E-state index contributed by atoms with van der Waals surface area (Å²) in [5, 5.41) is 17.5. The maximum atomic E-state index is 11.8. The van der Waals surface area contributed by atoms with E-state index >= 15 is 0 Å². The van der Waals surface area contributed by atoms with Crippen LogP contribution in [-0.4, -0.2) is 42.9 Å². The molecule has 0 fully saturated rings. The highest BCUT2D eigenvalue weighted by Gasteiger charge is 2.19. The first-order chi connectivity index (χ1) is 9.58. The van der Waals surface area contributed by atoms with Crippen LogP contribution in [0.2, 0.25) is 0 Å². The van der Waals surface area contributed by atoms with Crippen LogP contribution in [0.4, 0.5) is 9.93 Å². The van der Waals surface area contributed by atoms with Crippen LogP contribution < -0.4 is 15.5 Å². The molecule has 0 radical (unpaired) electrons. The van der Waals surface area contributed by atoms with Crippen molar-refractivity contribution in [3.05, 3.63) is 23.2 Å². The first-order valence-electron chi connectivity index (χ1n) is 6.53. The van der Waals surface area contributed by atoms with Crippen molar-refractivity contribution in [3.8, 4) is 0 Å². The molecule has 110 valence electrons. The third-order valence-electron chi connectivity index (χ3n) is 3.08. The molecular weight excluding hydrogens is 276 g/mol. The number of rotatable bonds is 5. The van der Waals surface area contributed by atoms with Gasteiger partial charge in [-0.05, 0) is 6.42 Å². The summed E-state index contributed by atoms with van der Waals surface area (Å²) in [5.41, 5.74) is 0.851. The zero-order chi connectivity index (χ0) is 14.5. The summed E-state index contributed by atoms with van der Waals surface area (Å²) in [6.07, 6.45) is 4.62. The van der Waals surface area contributed by atoms with Gasteiger partial charge in [0.2, 0.25) is 0 Å². The molecule has 0 saturated heterocycles. The van der Waals surface area contributed by atoms with Gasteiger partial charge in [0.25, 0.3) is 0 Å². The van der Waals surface area contributed by atoms with Crippen LogP contribution in [0, 0.1) is 5.92 Å². The Kier molecular flexibility index (Phi) is 4.97. The number of aliphatic hydroxyl groups excluding tert-OH is 1. The molecule has 0 aliphatic heterocycles. The second kappa shape index (κ2) is 6.71. The van der Waals surface area contributed by atoms with Gasteiger partial charge in [-0.25, -0.2) is 9.78 Å². The van der Waals surface area contributed by atoms with Crippen molar-refractivity contribution in [1.29, 1.82) is 0 Å². The Morgan fingerprint density at radius 2 is 2.35 bits per heavy atom. The lowest BCUT2D eigenvalue weighted by Gasteiger charge is -2.13. The summed E-state index contributed by atoms with van der Waals surface area (Å²) in [5.74, 6) is 0.154. The van der Waals surface area contributed by atoms with E-state index in [0.29, 0.717) is 6.54 Å². The molecule has 7 heteroatoms. The molecule has 2 amide bonds. The summed E-state index contributed by atoms with van der Waals surface area (Å²) in [4.78, 5) is 18.1. The second-order valence-electron chi connectivity index (χ2n) is 5.01. The van der Waals surface area contributed by atoms with Crippen LogP contribution in [0.25, 0.3) is 0 Å². The summed E-state index contributed by atoms with van der Waals surface area (Å²) in [6, 6.07) is -0.211. The number of urea groups is 1. The Balaban J connectivity index is 1.73. The van der Waals surface area contributed by atoms with Crippen molar-refractivity contribution < 1.29 is 9.90 Å². The number of hydrogen-bond donors (Lipinski definition) is 3. The summed E-state index contributed by atoms with van der Waals surface area (Å²) in [6.45, 7) is 0.540. The van der Waals surface area contributed by atoms with Gasteiger partial charge in [-0.3, -0.25) is 0 Å². The number of aliphatic hydroxyl groups is 1. The summed E-state index contributed by atoms with van der Waals surface area (Å²) < 4.78 is 0. The van der Waals surface area contributed by atoms with E-state index in [1.807, 2.05) is 36.5 Å². The Hall–Kier alpha value is -1.60. The van der Waals surface area contributed by atoms with E-state index < -0.39 is 0 Å². The highest BCUT2D eigenvalue weighted by atomic mass is 32.1. The molecule has 1 aliphatic carbocycles. The maximum Gasteiger partial charge on any atom is 0.315 e. The fraction of sp³-hybridized carbons (Fsp3) is 0.538. The predicted octanol–water partition coefficient (Wildman–Crippen LogP) is 0.945. The number of thiazole rings is 1. The third-order valence-corrected chi connectivity index (χ3v) is 4.13. The van der Waals surface area contributed by atoms with Gasteiger partial charge in [0.1, 0.15) is 0 Å². The lowest BCUT2D eigenvalue weighted by Crippen LogP contribution is -2.40. The highest BCUT2D eigenvalue weighted by Crippen LogP contribution is 2.18. The van der Waals surface area contributed by atoms with E-state index in [1.165, 1.54) is 0 Å². The van der Waals surface area contributed by atoms with Crippen LogP contribution >= 0.6 is 11.3 Å². The second-order valence-corrected chi connectivity index (χ2v) is 5.85. The zero-order valence-corrected chi connectivity index (χ0v) is 12.5. The normalized spacial score (nSPS) is 20.9. The zero-order valence-electron chi connectivity index (χ0n) is 11.7. The lowest BCUT2D eigenvalue weighted by molar-refractivity contribution is 0.231. The molecule has 0 spiro atoms. The number of amides is 2. The standard InChI is InChI=1S/C13H20N4O2S/c1-17(2)13-16-11(8-20-13)6-14-12(19)15-10-4-3-9(5-10)7-18/h3-4,8-10,18H,5-7H2,1-2H3,(H2,14,15,19)/t9-,10+/m0/s1. The van der Waals surface area contributed by atoms with Crippen LogP contribution in [0.1, 0.15) is 12.1 Å². The van der Waals surface area contributed by atoms with Gasteiger partial charge in [0, 0.05) is 38.0 Å². The van der Waals surface area contributed by atoms with Crippen molar-refractivity contribution in [2.75, 3.05) is 25.6 Å². The first-order valence-corrected chi connectivity index (χ1v) is 7.41. The lowest BCUT2D eigenvalue weighted by atomic mass is 10.1. The van der Waals surface area contributed by atoms with Crippen LogP contribution in [-0.2, 0) is 6.54 Å². The molecule has 3 N–H and O–H groups in total. The van der Waals surface area contributed by atoms with E-state index in [-0.39, 0.29) is 24.6 Å². The molecule has 6 nitrogen and oxygen atoms in total. The smallest absolute Gasteiger partial charge is 0.315 e. The van der Waals surface area contributed by atoms with Gasteiger partial charge in [-0.1, -0.05) is 12.2 Å². The number of nitrogens with zero attached hydrogens (tertiary/aromatic N) is 2. The quantitative estimate of drug-likeness (QED) is 0.707. The Bertz CT molecular complexity index is 486. The van der Waals surface area contributed by atoms with Crippen LogP contribution in [0.3, 0.4) is 0 Å². The maximum absolute atomic E-state index is 11.8. The van der Waals surface area contributed by atoms with E-state index in [1.54, 1.807) is 11.3 Å². The number of carbonyl (C=O) groups is 1. The van der Waals surface area contributed by atoms with Crippen molar-refractivity contribution in [2.45, 2.75) is 19.0 Å². The molecule has 1 aliphatic rings. The fourth-order valence-electron chi connectivity index (χ4n) is 1.99. The molecule has 1 aromatic heterocycles. The summed E-state index contributed by atoms with van der Waals surface area (Å²) in [7, 11) is 3.87. The van der Waals surface area contributed by atoms with Gasteiger partial charge in [0.05, 0.1) is 12.2 Å². The molecule has 0 saturated carbocycles. The minimum Gasteiger partial charge on any atom is -0.396 e. The Morgan fingerprint density at radius 1 is 1.55 bits per heavy atom. The average molecular weight is 296 g/mol. The minimum atomic E-state index is -0.211. The van der Waals surface area contributed by atoms with Gasteiger partial charge >= 0.3 is 6.03 Å². The SMILES string of the molecule is CN(C)c1nc(CNC(=O)N[C@@H]2C=C[C@H](CO)C2)cs1. The summed E-state index contributed by atoms with van der Waals surface area (Å²) >= 11 is 1.55. The third kappa shape index (κ3) is 3.94. The van der Waals surface area contributed by atoms with Crippen molar-refractivity contribution in [3.63, 3.8) is 0 Å². The van der Waals surface area contributed by atoms with E-state index in [9.17, 15) is 4.79 Å². The molecule has 20 heavy (non-hydrogen) atoms. The van der Waals surface area contributed by atoms with Gasteiger partial charge in [0.15, 0.2) is 5.13 Å². The van der Waals surface area contributed by atoms with E-state index in [4.69, 9.17) is 5.11 Å². The Morgan fingerprint density at radius 3 is 2.95 bits per heavy atom. The van der Waals surface area contributed by atoms with Gasteiger partial charge in [-0.2, -0.15) is 0 Å². The van der Waals surface area contributed by atoms with Crippen molar-refractivity contribution in [1.82, 2.24) is 15.6 Å². The molecule has 2 rings (SSSR count). The molecular formula is C13H20N4O2S. The molecule has 0 unspecified atom stereocenters. The number of carbonyl (C=O) groups excluding carboxylic acids is 1. The van der Waals surface area contributed by atoms with Gasteiger partial charge in [-0.15, -0.1) is 11.3 Å².